The molecule has 2 fully saturated rings. The van der Waals surface area contributed by atoms with E-state index in [-0.39, 0.29) is 16.9 Å². The average molecular weight is 641 g/mol. The Morgan fingerprint density at radius 1 is 0.778 bits per heavy atom. The van der Waals surface area contributed by atoms with E-state index in [0.717, 1.165) is 18.2 Å². The Balaban J connectivity index is 1.51. The summed E-state index contributed by atoms with van der Waals surface area (Å²) in [6, 6.07) is 4.42. The lowest BCUT2D eigenvalue weighted by Gasteiger charge is -2.42. The van der Waals surface area contributed by atoms with Crippen LogP contribution in [-0.2, 0) is 14.2 Å². The molecule has 246 valence electrons. The lowest BCUT2D eigenvalue weighted by Crippen LogP contribution is -2.61. The molecule has 0 radical (unpaired) electrons. The zero-order chi connectivity index (χ0) is 32.9. The first kappa shape index (κ1) is 32.5. The Kier molecular flexibility index (Phi) is 9.00. The Morgan fingerprint density at radius 3 is 2.11 bits per heavy atom. The van der Waals surface area contributed by atoms with E-state index in [1.807, 2.05) is 0 Å². The molecule has 5 rings (SSSR count). The third-order valence-corrected chi connectivity index (χ3v) is 7.65. The number of aromatic hydroxyl groups is 4. The highest BCUT2D eigenvalue weighted by atomic mass is 16.7. The molecule has 2 aliphatic rings. The number of aliphatic hydroxyl groups excluding tert-OH is 6. The molecule has 0 aliphatic carbocycles. The largest absolute Gasteiger partial charge is 0.504 e. The van der Waals surface area contributed by atoms with Crippen molar-refractivity contribution in [1.82, 2.24) is 0 Å². The standard InChI is InChI=1S/C28H32O17/c1-8-16(31)21(36)23(38)27(42-8)41-7-14-18(33)22(37)24(39)28(44-14)45-26-20(35)15-12(6-13(40-2)17(32)19(15)34)43-25(26)9-3-4-10(29)11(30)5-9/h3-6,8,14,16,18,21-24,27-34,36-39H,7H2,1-2H3. The maximum Gasteiger partial charge on any atom is 0.239 e. The van der Waals surface area contributed by atoms with Crippen LogP contribution in [-0.4, -0.2) is 126 Å². The minimum absolute atomic E-state index is 0.0464. The minimum atomic E-state index is -2.00. The van der Waals surface area contributed by atoms with Crippen LogP contribution in [0.25, 0.3) is 22.3 Å². The van der Waals surface area contributed by atoms with Crippen LogP contribution in [0.15, 0.2) is 33.5 Å². The first-order chi connectivity index (χ1) is 21.2. The van der Waals surface area contributed by atoms with Crippen LogP contribution in [0.2, 0.25) is 0 Å². The molecule has 0 amide bonds. The van der Waals surface area contributed by atoms with Crippen LogP contribution in [0.3, 0.4) is 0 Å². The fourth-order valence-electron chi connectivity index (χ4n) is 5.01. The summed E-state index contributed by atoms with van der Waals surface area (Å²) >= 11 is 0. The second kappa shape index (κ2) is 12.5. The normalized spacial score (nSPS) is 32.0. The summed E-state index contributed by atoms with van der Waals surface area (Å²) in [6.07, 6.45) is -16.4. The molecular weight excluding hydrogens is 608 g/mol. The summed E-state index contributed by atoms with van der Waals surface area (Å²) in [5, 5.41) is 102. The monoisotopic (exact) mass is 640 g/mol. The Bertz CT molecular complexity index is 1610. The number of benzene rings is 2. The van der Waals surface area contributed by atoms with Crippen molar-refractivity contribution in [2.45, 2.75) is 68.3 Å². The zero-order valence-corrected chi connectivity index (χ0v) is 23.6. The second-order valence-corrected chi connectivity index (χ2v) is 10.6. The average Bonchev–Trinajstić information content (AvgIpc) is 3.01. The van der Waals surface area contributed by atoms with E-state index in [9.17, 15) is 55.9 Å². The highest BCUT2D eigenvalue weighted by Crippen LogP contribution is 2.44. The summed E-state index contributed by atoms with van der Waals surface area (Å²) in [5.41, 5.74) is -1.46. The van der Waals surface area contributed by atoms with Gasteiger partial charge in [0.05, 0.1) is 19.8 Å². The molecule has 1 aromatic heterocycles. The quantitative estimate of drug-likeness (QED) is 0.129. The van der Waals surface area contributed by atoms with Gasteiger partial charge in [-0.05, 0) is 25.1 Å². The number of hydrogen-bond donors (Lipinski definition) is 10. The van der Waals surface area contributed by atoms with Crippen LogP contribution in [0, 0.1) is 0 Å². The topological polar surface area (TPSA) is 279 Å². The third kappa shape index (κ3) is 5.81. The van der Waals surface area contributed by atoms with Gasteiger partial charge in [-0.25, -0.2) is 0 Å². The lowest BCUT2D eigenvalue weighted by atomic mass is 9.98. The van der Waals surface area contributed by atoms with Crippen LogP contribution >= 0.6 is 0 Å². The number of fused-ring (bicyclic) bond motifs is 1. The molecule has 0 spiro atoms. The van der Waals surface area contributed by atoms with Gasteiger partial charge in [0.15, 0.2) is 35.0 Å². The maximum absolute atomic E-state index is 13.7. The number of phenols is 4. The summed E-state index contributed by atoms with van der Waals surface area (Å²) < 4.78 is 32.9. The number of rotatable bonds is 7. The molecule has 3 aromatic rings. The number of aliphatic hydroxyl groups is 6. The number of methoxy groups -OCH3 is 1. The molecule has 3 heterocycles. The van der Waals surface area contributed by atoms with E-state index in [2.05, 4.69) is 0 Å². The van der Waals surface area contributed by atoms with Gasteiger partial charge in [0.25, 0.3) is 0 Å². The predicted molar refractivity (Wildman–Crippen MR) is 147 cm³/mol. The molecule has 2 aliphatic heterocycles. The van der Waals surface area contributed by atoms with Crippen molar-refractivity contribution in [2.24, 2.45) is 0 Å². The molecule has 2 saturated heterocycles. The molecule has 10 N–H and O–H groups in total. The van der Waals surface area contributed by atoms with Crippen molar-refractivity contribution < 1.29 is 79.2 Å². The van der Waals surface area contributed by atoms with Gasteiger partial charge in [-0.2, -0.15) is 0 Å². The molecular formula is C28H32O17. The lowest BCUT2D eigenvalue weighted by molar-refractivity contribution is -0.318. The molecule has 0 bridgehead atoms. The van der Waals surface area contributed by atoms with Crippen LogP contribution in [0.1, 0.15) is 6.92 Å². The SMILES string of the molecule is COc1cc2oc(-c3ccc(O)c(O)c3)c(OC3OC(COC4OC(C)C(O)C(O)C4O)C(O)C(O)C3O)c(=O)c2c(O)c1O. The minimum Gasteiger partial charge on any atom is -0.504 e. The number of phenolic OH excluding ortho intramolecular Hbond substituents is 4. The Hall–Kier alpha value is -3.91. The molecule has 10 atom stereocenters. The fraction of sp³-hybridized carbons (Fsp3) is 0.464. The van der Waals surface area contributed by atoms with Gasteiger partial charge in [0.2, 0.25) is 23.2 Å². The van der Waals surface area contributed by atoms with Gasteiger partial charge in [-0.1, -0.05) is 0 Å². The fourth-order valence-corrected chi connectivity index (χ4v) is 5.01. The molecule has 2 aromatic carbocycles. The van der Waals surface area contributed by atoms with Gasteiger partial charge >= 0.3 is 0 Å². The summed E-state index contributed by atoms with van der Waals surface area (Å²) in [6.45, 7) is 0.793. The van der Waals surface area contributed by atoms with Crippen LogP contribution in [0.4, 0.5) is 0 Å². The van der Waals surface area contributed by atoms with Crippen molar-refractivity contribution in [1.29, 1.82) is 0 Å². The first-order valence-electron chi connectivity index (χ1n) is 13.5. The Morgan fingerprint density at radius 2 is 1.44 bits per heavy atom. The van der Waals surface area contributed by atoms with E-state index in [1.165, 1.54) is 20.1 Å². The number of hydrogen-bond acceptors (Lipinski definition) is 17. The summed E-state index contributed by atoms with van der Waals surface area (Å²) in [4.78, 5) is 13.7. The van der Waals surface area contributed by atoms with Gasteiger partial charge in [0.1, 0.15) is 53.7 Å². The van der Waals surface area contributed by atoms with E-state index in [4.69, 9.17) is 28.1 Å². The van der Waals surface area contributed by atoms with Crippen LogP contribution in [0.5, 0.6) is 34.5 Å². The van der Waals surface area contributed by atoms with Crippen LogP contribution < -0.4 is 14.9 Å². The van der Waals surface area contributed by atoms with E-state index >= 15 is 0 Å². The second-order valence-electron chi connectivity index (χ2n) is 10.6. The molecule has 17 heteroatoms. The maximum atomic E-state index is 13.7. The molecule has 10 unspecified atom stereocenters. The highest BCUT2D eigenvalue weighted by Gasteiger charge is 2.48. The van der Waals surface area contributed by atoms with Gasteiger partial charge in [-0.3, -0.25) is 4.79 Å². The van der Waals surface area contributed by atoms with Crippen molar-refractivity contribution in [3.05, 3.63) is 34.5 Å². The van der Waals surface area contributed by atoms with Gasteiger partial charge in [0, 0.05) is 11.6 Å². The first-order valence-corrected chi connectivity index (χ1v) is 13.5. The van der Waals surface area contributed by atoms with Gasteiger partial charge in [-0.15, -0.1) is 0 Å². The van der Waals surface area contributed by atoms with Crippen molar-refractivity contribution in [3.63, 3.8) is 0 Å². The summed E-state index contributed by atoms with van der Waals surface area (Å²) in [7, 11) is 1.18. The molecule has 0 saturated carbocycles. The van der Waals surface area contributed by atoms with Gasteiger partial charge < -0.3 is 79.2 Å². The smallest absolute Gasteiger partial charge is 0.239 e. The van der Waals surface area contributed by atoms with E-state index in [0.29, 0.717) is 0 Å². The summed E-state index contributed by atoms with van der Waals surface area (Å²) in [5.74, 6) is -4.30. The van der Waals surface area contributed by atoms with Crippen molar-refractivity contribution >= 4 is 11.0 Å². The third-order valence-electron chi connectivity index (χ3n) is 7.65. The Labute approximate surface area is 252 Å². The number of ether oxygens (including phenoxy) is 5. The van der Waals surface area contributed by atoms with E-state index < -0.39 is 113 Å². The molecule has 45 heavy (non-hydrogen) atoms. The van der Waals surface area contributed by atoms with E-state index in [1.54, 1.807) is 0 Å². The predicted octanol–water partition coefficient (Wildman–Crippen LogP) is -1.68. The zero-order valence-electron chi connectivity index (χ0n) is 23.6. The molecule has 17 nitrogen and oxygen atoms in total. The highest BCUT2D eigenvalue weighted by molar-refractivity contribution is 5.91. The van der Waals surface area contributed by atoms with Crippen molar-refractivity contribution in [2.75, 3.05) is 13.7 Å². The van der Waals surface area contributed by atoms with Crippen molar-refractivity contribution in [3.8, 4) is 45.8 Å².